The van der Waals surface area contributed by atoms with Crippen molar-refractivity contribution in [2.24, 2.45) is 0 Å². The highest BCUT2D eigenvalue weighted by atomic mass is 16.2. The Morgan fingerprint density at radius 1 is 1.39 bits per heavy atom. The van der Waals surface area contributed by atoms with Crippen LogP contribution in [0.2, 0.25) is 0 Å². The lowest BCUT2D eigenvalue weighted by molar-refractivity contribution is -0.140. The fraction of sp³-hybridized carbons (Fsp3) is 0.333. The van der Waals surface area contributed by atoms with Crippen LogP contribution in [0.3, 0.4) is 0 Å². The predicted molar refractivity (Wildman–Crippen MR) is 63.6 cm³/mol. The van der Waals surface area contributed by atoms with Crippen LogP contribution in [0, 0.1) is 0 Å². The van der Waals surface area contributed by atoms with E-state index in [1.54, 1.807) is 31.6 Å². The van der Waals surface area contributed by atoms with Crippen molar-refractivity contribution in [1.82, 2.24) is 9.88 Å². The second kappa shape index (κ2) is 4.56. The molecular formula is C12H13N3O3. The summed E-state index contributed by atoms with van der Waals surface area (Å²) in [6.07, 6.45) is 4.98. The van der Waals surface area contributed by atoms with Gasteiger partial charge < -0.3 is 4.90 Å². The molecule has 18 heavy (non-hydrogen) atoms. The Hall–Kier alpha value is -2.24. The van der Waals surface area contributed by atoms with Crippen LogP contribution in [-0.4, -0.2) is 41.2 Å². The maximum Gasteiger partial charge on any atom is 0.253 e. The summed E-state index contributed by atoms with van der Waals surface area (Å²) in [6, 6.07) is 3.46. The summed E-state index contributed by atoms with van der Waals surface area (Å²) < 4.78 is 0. The molecule has 1 aromatic rings. The van der Waals surface area contributed by atoms with Gasteiger partial charge in [0.2, 0.25) is 12.8 Å². The molecule has 6 heteroatoms. The van der Waals surface area contributed by atoms with Crippen LogP contribution in [0.5, 0.6) is 0 Å². The SMILES string of the molecule is CN(C(=O)C1(N(C=O)C=O)CC1)c1cccnc1. The second-order valence-electron chi connectivity index (χ2n) is 4.23. The van der Waals surface area contributed by atoms with E-state index in [1.165, 1.54) is 4.90 Å². The van der Waals surface area contributed by atoms with Crippen molar-refractivity contribution in [2.45, 2.75) is 18.4 Å². The molecule has 0 spiro atoms. The third-order valence-corrected chi connectivity index (χ3v) is 3.18. The fourth-order valence-corrected chi connectivity index (χ4v) is 1.91. The second-order valence-corrected chi connectivity index (χ2v) is 4.23. The third-order valence-electron chi connectivity index (χ3n) is 3.18. The van der Waals surface area contributed by atoms with Gasteiger partial charge in [0.05, 0.1) is 11.9 Å². The van der Waals surface area contributed by atoms with Gasteiger partial charge in [-0.15, -0.1) is 0 Å². The number of anilines is 1. The molecule has 0 N–H and O–H groups in total. The highest BCUT2D eigenvalue weighted by Crippen LogP contribution is 2.42. The van der Waals surface area contributed by atoms with Crippen LogP contribution >= 0.6 is 0 Å². The number of hydrogen-bond donors (Lipinski definition) is 0. The molecule has 1 saturated carbocycles. The number of carbonyl (C=O) groups excluding carboxylic acids is 3. The molecule has 0 atom stereocenters. The van der Waals surface area contributed by atoms with Crippen LogP contribution in [-0.2, 0) is 14.4 Å². The molecule has 1 aliphatic rings. The zero-order chi connectivity index (χ0) is 13.2. The predicted octanol–water partition coefficient (Wildman–Crippen LogP) is 0.192. The first-order valence-electron chi connectivity index (χ1n) is 5.53. The minimum atomic E-state index is -0.992. The molecule has 1 heterocycles. The van der Waals surface area contributed by atoms with Gasteiger partial charge in [0, 0.05) is 13.2 Å². The molecule has 1 aliphatic carbocycles. The highest BCUT2D eigenvalue weighted by molar-refractivity contribution is 6.04. The number of imide groups is 1. The van der Waals surface area contributed by atoms with Crippen LogP contribution in [0.4, 0.5) is 5.69 Å². The summed E-state index contributed by atoms with van der Waals surface area (Å²) in [4.78, 5) is 40.2. The summed E-state index contributed by atoms with van der Waals surface area (Å²) in [6.45, 7) is 0. The van der Waals surface area contributed by atoms with Crippen molar-refractivity contribution < 1.29 is 14.4 Å². The van der Waals surface area contributed by atoms with Gasteiger partial charge in [-0.1, -0.05) is 0 Å². The molecule has 0 aromatic carbocycles. The monoisotopic (exact) mass is 247 g/mol. The standard InChI is InChI=1S/C12H13N3O3/c1-14(10-3-2-6-13-7-10)11(18)12(4-5-12)15(8-16)9-17/h2-3,6-9H,4-5H2,1H3. The normalized spacial score (nSPS) is 15.6. The van der Waals surface area contributed by atoms with Crippen LogP contribution in [0.1, 0.15) is 12.8 Å². The van der Waals surface area contributed by atoms with Crippen molar-refractivity contribution in [2.75, 3.05) is 11.9 Å². The van der Waals surface area contributed by atoms with E-state index >= 15 is 0 Å². The van der Waals surface area contributed by atoms with E-state index in [4.69, 9.17) is 0 Å². The first-order valence-corrected chi connectivity index (χ1v) is 5.53. The van der Waals surface area contributed by atoms with Crippen molar-refractivity contribution >= 4 is 24.4 Å². The topological polar surface area (TPSA) is 70.6 Å². The summed E-state index contributed by atoms with van der Waals surface area (Å²) in [5.41, 5.74) is -0.362. The average Bonchev–Trinajstić information content (AvgIpc) is 3.21. The van der Waals surface area contributed by atoms with E-state index in [1.807, 2.05) is 0 Å². The summed E-state index contributed by atoms with van der Waals surface area (Å²) >= 11 is 0. The van der Waals surface area contributed by atoms with Gasteiger partial charge in [0.1, 0.15) is 5.54 Å². The van der Waals surface area contributed by atoms with E-state index in [0.717, 1.165) is 4.90 Å². The van der Waals surface area contributed by atoms with E-state index in [9.17, 15) is 14.4 Å². The Morgan fingerprint density at radius 3 is 2.50 bits per heavy atom. The van der Waals surface area contributed by atoms with Gasteiger partial charge in [0.15, 0.2) is 0 Å². The minimum absolute atomic E-state index is 0.269. The summed E-state index contributed by atoms with van der Waals surface area (Å²) in [7, 11) is 1.60. The molecule has 94 valence electrons. The number of pyridine rings is 1. The van der Waals surface area contributed by atoms with Gasteiger partial charge >= 0.3 is 0 Å². The highest BCUT2D eigenvalue weighted by Gasteiger charge is 2.56. The number of amides is 3. The van der Waals surface area contributed by atoms with Crippen LogP contribution in [0.15, 0.2) is 24.5 Å². The average molecular weight is 247 g/mol. The number of likely N-dealkylation sites (N-methyl/N-ethyl adjacent to an activating group) is 1. The summed E-state index contributed by atoms with van der Waals surface area (Å²) in [5.74, 6) is -0.269. The van der Waals surface area contributed by atoms with E-state index in [-0.39, 0.29) is 5.91 Å². The molecule has 6 nitrogen and oxygen atoms in total. The van der Waals surface area contributed by atoms with Gasteiger partial charge in [-0.2, -0.15) is 0 Å². The first-order chi connectivity index (χ1) is 8.65. The maximum absolute atomic E-state index is 12.3. The van der Waals surface area contributed by atoms with Crippen molar-refractivity contribution in [3.05, 3.63) is 24.5 Å². The van der Waals surface area contributed by atoms with Gasteiger partial charge in [-0.25, -0.2) is 0 Å². The summed E-state index contributed by atoms with van der Waals surface area (Å²) in [5, 5.41) is 0. The smallest absolute Gasteiger partial charge is 0.253 e. The van der Waals surface area contributed by atoms with Crippen LogP contribution < -0.4 is 4.90 Å². The number of carbonyl (C=O) groups is 3. The van der Waals surface area contributed by atoms with E-state index in [0.29, 0.717) is 31.3 Å². The molecular weight excluding hydrogens is 234 g/mol. The quantitative estimate of drug-likeness (QED) is 0.696. The number of nitrogens with zero attached hydrogens (tertiary/aromatic N) is 3. The van der Waals surface area contributed by atoms with Gasteiger partial charge in [-0.3, -0.25) is 24.3 Å². The van der Waals surface area contributed by atoms with Crippen molar-refractivity contribution in [3.8, 4) is 0 Å². The molecule has 3 amide bonds. The zero-order valence-electron chi connectivity index (χ0n) is 9.94. The lowest BCUT2D eigenvalue weighted by Crippen LogP contribution is -2.49. The van der Waals surface area contributed by atoms with E-state index < -0.39 is 5.54 Å². The lowest BCUT2D eigenvalue weighted by atomic mass is 10.2. The van der Waals surface area contributed by atoms with E-state index in [2.05, 4.69) is 4.98 Å². The Balaban J connectivity index is 2.22. The van der Waals surface area contributed by atoms with Crippen LogP contribution in [0.25, 0.3) is 0 Å². The molecule has 1 fully saturated rings. The molecule has 0 bridgehead atoms. The molecule has 0 unspecified atom stereocenters. The molecule has 0 radical (unpaired) electrons. The first kappa shape index (κ1) is 12.2. The zero-order valence-corrected chi connectivity index (χ0v) is 9.94. The lowest BCUT2D eigenvalue weighted by Gasteiger charge is -2.27. The number of aromatic nitrogens is 1. The third kappa shape index (κ3) is 1.85. The minimum Gasteiger partial charge on any atom is -0.312 e. The number of hydrogen-bond acceptors (Lipinski definition) is 4. The van der Waals surface area contributed by atoms with Crippen molar-refractivity contribution in [1.29, 1.82) is 0 Å². The molecule has 0 saturated heterocycles. The molecule has 2 rings (SSSR count). The van der Waals surface area contributed by atoms with Crippen molar-refractivity contribution in [3.63, 3.8) is 0 Å². The maximum atomic E-state index is 12.3. The Kier molecular flexibility index (Phi) is 3.10. The Morgan fingerprint density at radius 2 is 2.06 bits per heavy atom. The largest absolute Gasteiger partial charge is 0.312 e. The fourth-order valence-electron chi connectivity index (χ4n) is 1.91. The number of rotatable bonds is 5. The Bertz CT molecular complexity index is 463. The Labute approximate surface area is 104 Å². The van der Waals surface area contributed by atoms with Gasteiger partial charge in [-0.05, 0) is 25.0 Å². The molecule has 0 aliphatic heterocycles. The molecule has 1 aromatic heterocycles. The van der Waals surface area contributed by atoms with Gasteiger partial charge in [0.25, 0.3) is 5.91 Å².